The van der Waals surface area contributed by atoms with Crippen LogP contribution in [-0.4, -0.2) is 29.6 Å². The fraction of sp³-hybridized carbons (Fsp3) is 0.500. The fourth-order valence-electron chi connectivity index (χ4n) is 2.02. The predicted molar refractivity (Wildman–Crippen MR) is 69.1 cm³/mol. The van der Waals surface area contributed by atoms with Crippen LogP contribution in [0, 0.1) is 11.2 Å². The Morgan fingerprint density at radius 2 is 2.00 bits per heavy atom. The lowest BCUT2D eigenvalue weighted by Crippen LogP contribution is -2.29. The molecule has 0 aromatic heterocycles. The monoisotopic (exact) mass is 253 g/mol. The Morgan fingerprint density at radius 3 is 2.50 bits per heavy atom. The van der Waals surface area contributed by atoms with Crippen molar-refractivity contribution in [3.05, 3.63) is 35.1 Å². The first-order valence-corrected chi connectivity index (χ1v) is 5.90. The number of hydrogen-bond donors (Lipinski definition) is 1. The van der Waals surface area contributed by atoms with Crippen molar-refractivity contribution in [3.8, 4) is 0 Å². The van der Waals surface area contributed by atoms with Crippen molar-refractivity contribution in [3.63, 3.8) is 0 Å². The van der Waals surface area contributed by atoms with Crippen LogP contribution < -0.4 is 0 Å². The molecule has 3 nitrogen and oxygen atoms in total. The summed E-state index contributed by atoms with van der Waals surface area (Å²) in [6.07, 6.45) is 0. The Morgan fingerprint density at radius 1 is 1.39 bits per heavy atom. The van der Waals surface area contributed by atoms with E-state index in [2.05, 4.69) is 20.8 Å². The van der Waals surface area contributed by atoms with Crippen LogP contribution in [0.4, 0.5) is 4.39 Å². The summed E-state index contributed by atoms with van der Waals surface area (Å²) in [5, 5.41) is 8.86. The number of hydrogen-bond acceptors (Lipinski definition) is 2. The van der Waals surface area contributed by atoms with Gasteiger partial charge in [-0.05, 0) is 18.5 Å². The zero-order valence-corrected chi connectivity index (χ0v) is 11.3. The van der Waals surface area contributed by atoms with Crippen LogP contribution in [-0.2, 0) is 6.54 Å². The molecule has 0 radical (unpaired) electrons. The number of nitrogens with zero attached hydrogens (tertiary/aromatic N) is 1. The number of rotatable bonds is 4. The number of aromatic carboxylic acids is 1. The first-order chi connectivity index (χ1) is 8.20. The Labute approximate surface area is 107 Å². The summed E-state index contributed by atoms with van der Waals surface area (Å²) in [5.74, 6) is -1.86. The van der Waals surface area contributed by atoms with E-state index in [9.17, 15) is 9.18 Å². The maximum atomic E-state index is 13.9. The van der Waals surface area contributed by atoms with E-state index in [0.717, 1.165) is 6.54 Å². The van der Waals surface area contributed by atoms with Crippen LogP contribution in [0.25, 0.3) is 0 Å². The Hall–Kier alpha value is -1.42. The van der Waals surface area contributed by atoms with Crippen molar-refractivity contribution in [1.29, 1.82) is 0 Å². The van der Waals surface area contributed by atoms with Gasteiger partial charge in [-0.15, -0.1) is 0 Å². The summed E-state index contributed by atoms with van der Waals surface area (Å²) in [6, 6.07) is 4.48. The minimum Gasteiger partial charge on any atom is -0.478 e. The lowest BCUT2D eigenvalue weighted by atomic mass is 9.96. The molecule has 0 heterocycles. The van der Waals surface area contributed by atoms with Gasteiger partial charge in [0.1, 0.15) is 5.82 Å². The molecular formula is C14H20FNO2. The average molecular weight is 253 g/mol. The highest BCUT2D eigenvalue weighted by Gasteiger charge is 2.17. The quantitative estimate of drug-likeness (QED) is 0.896. The van der Waals surface area contributed by atoms with Crippen LogP contribution in [0.2, 0.25) is 0 Å². The maximum absolute atomic E-state index is 13.9. The molecule has 0 aliphatic heterocycles. The molecule has 0 aliphatic carbocycles. The molecule has 0 unspecified atom stereocenters. The van der Waals surface area contributed by atoms with Gasteiger partial charge in [0.25, 0.3) is 0 Å². The van der Waals surface area contributed by atoms with E-state index >= 15 is 0 Å². The summed E-state index contributed by atoms with van der Waals surface area (Å²) in [4.78, 5) is 12.8. The lowest BCUT2D eigenvalue weighted by Gasteiger charge is -2.26. The second-order valence-corrected chi connectivity index (χ2v) is 5.82. The van der Waals surface area contributed by atoms with Crippen molar-refractivity contribution in [1.82, 2.24) is 4.90 Å². The summed E-state index contributed by atoms with van der Waals surface area (Å²) in [5.41, 5.74) is 0.272. The molecule has 100 valence electrons. The van der Waals surface area contributed by atoms with E-state index in [4.69, 9.17) is 5.11 Å². The van der Waals surface area contributed by atoms with Crippen molar-refractivity contribution < 1.29 is 14.3 Å². The Kier molecular flexibility index (Phi) is 4.46. The number of halogens is 1. The van der Waals surface area contributed by atoms with Gasteiger partial charge in [0, 0.05) is 18.7 Å². The summed E-state index contributed by atoms with van der Waals surface area (Å²) < 4.78 is 13.9. The van der Waals surface area contributed by atoms with Crippen LogP contribution in [0.5, 0.6) is 0 Å². The molecule has 0 aliphatic rings. The smallest absolute Gasteiger partial charge is 0.338 e. The molecule has 0 spiro atoms. The largest absolute Gasteiger partial charge is 0.478 e. The van der Waals surface area contributed by atoms with Crippen LogP contribution in [0.1, 0.15) is 36.7 Å². The molecule has 4 heteroatoms. The molecule has 0 atom stereocenters. The van der Waals surface area contributed by atoms with Gasteiger partial charge >= 0.3 is 5.97 Å². The summed E-state index contributed by atoms with van der Waals surface area (Å²) in [6.45, 7) is 7.53. The second kappa shape index (κ2) is 5.48. The zero-order chi connectivity index (χ0) is 13.9. The van der Waals surface area contributed by atoms with Gasteiger partial charge in [0.15, 0.2) is 0 Å². The second-order valence-electron chi connectivity index (χ2n) is 5.82. The molecule has 1 N–H and O–H groups in total. The lowest BCUT2D eigenvalue weighted by molar-refractivity contribution is 0.0691. The maximum Gasteiger partial charge on any atom is 0.338 e. The van der Waals surface area contributed by atoms with Gasteiger partial charge in [-0.2, -0.15) is 0 Å². The van der Waals surface area contributed by atoms with E-state index in [-0.39, 0.29) is 11.0 Å². The highest BCUT2D eigenvalue weighted by molar-refractivity contribution is 5.88. The zero-order valence-electron chi connectivity index (χ0n) is 11.3. The van der Waals surface area contributed by atoms with Gasteiger partial charge in [0.2, 0.25) is 0 Å². The minimum atomic E-state index is -1.23. The van der Waals surface area contributed by atoms with Crippen LogP contribution >= 0.6 is 0 Å². The molecular weight excluding hydrogens is 233 g/mol. The van der Waals surface area contributed by atoms with Crippen molar-refractivity contribution >= 4 is 5.97 Å². The normalized spacial score (nSPS) is 11.9. The van der Waals surface area contributed by atoms with Crippen molar-refractivity contribution in [2.24, 2.45) is 5.41 Å². The summed E-state index contributed by atoms with van der Waals surface area (Å²) >= 11 is 0. The van der Waals surface area contributed by atoms with E-state index in [1.807, 2.05) is 11.9 Å². The van der Waals surface area contributed by atoms with Gasteiger partial charge < -0.3 is 10.0 Å². The molecule has 0 bridgehead atoms. The van der Waals surface area contributed by atoms with Gasteiger partial charge in [0.05, 0.1) is 5.56 Å². The minimum absolute atomic E-state index is 0.121. The van der Waals surface area contributed by atoms with Gasteiger partial charge in [-0.3, -0.25) is 0 Å². The topological polar surface area (TPSA) is 40.5 Å². The molecule has 0 fully saturated rings. The van der Waals surface area contributed by atoms with E-state index in [0.29, 0.717) is 12.1 Å². The number of benzene rings is 1. The highest BCUT2D eigenvalue weighted by Crippen LogP contribution is 2.18. The Balaban J connectivity index is 2.85. The number of carboxylic acids is 1. The molecule has 18 heavy (non-hydrogen) atoms. The third-order valence-electron chi connectivity index (χ3n) is 2.49. The molecule has 0 saturated heterocycles. The third kappa shape index (κ3) is 4.11. The predicted octanol–water partition coefficient (Wildman–Crippen LogP) is 3.00. The molecule has 0 amide bonds. The van der Waals surface area contributed by atoms with Crippen molar-refractivity contribution in [2.45, 2.75) is 27.3 Å². The van der Waals surface area contributed by atoms with Gasteiger partial charge in [-0.25, -0.2) is 9.18 Å². The van der Waals surface area contributed by atoms with E-state index < -0.39 is 11.8 Å². The van der Waals surface area contributed by atoms with Crippen LogP contribution in [0.15, 0.2) is 18.2 Å². The summed E-state index contributed by atoms with van der Waals surface area (Å²) in [7, 11) is 1.90. The molecule has 1 aromatic carbocycles. The Bertz CT molecular complexity index is 438. The first kappa shape index (κ1) is 14.6. The van der Waals surface area contributed by atoms with E-state index in [1.54, 1.807) is 12.1 Å². The van der Waals surface area contributed by atoms with E-state index in [1.165, 1.54) is 6.07 Å². The number of carboxylic acid groups (broad SMARTS) is 1. The fourth-order valence-corrected chi connectivity index (χ4v) is 2.02. The van der Waals surface area contributed by atoms with Crippen LogP contribution in [0.3, 0.4) is 0 Å². The number of carbonyl (C=O) groups is 1. The third-order valence-corrected chi connectivity index (χ3v) is 2.49. The molecule has 0 saturated carbocycles. The highest BCUT2D eigenvalue weighted by atomic mass is 19.1. The molecule has 1 rings (SSSR count). The van der Waals surface area contributed by atoms with Gasteiger partial charge in [-0.1, -0.05) is 32.9 Å². The standard InChI is InChI=1S/C14H20FNO2/c1-14(2,3)9-16(4)8-10-6-5-7-11(12(10)15)13(17)18/h5-7H,8-9H2,1-4H3,(H,17,18). The first-order valence-electron chi connectivity index (χ1n) is 5.90. The van der Waals surface area contributed by atoms with Crippen molar-refractivity contribution in [2.75, 3.05) is 13.6 Å². The molecule has 1 aromatic rings. The average Bonchev–Trinajstić information content (AvgIpc) is 2.17. The SMILES string of the molecule is CN(Cc1cccc(C(=O)O)c1F)CC(C)(C)C.